The number of urea groups is 1. The lowest BCUT2D eigenvalue weighted by Crippen LogP contribution is -2.43. The standard InChI is InChI=1S/C29H31N3O2/c33-29(32-15-17-34-18-16-32)30-23-19-26-24(21-7-3-1-4-8-21)11-13-31-14-12-25(27(20-23)28(26)31)22-9-5-2-6-10-22/h1-10,19-20,24-25H,11-18H2,(H,30,33). The average Bonchev–Trinajstić information content (AvgIpc) is 2.90. The van der Waals surface area contributed by atoms with Gasteiger partial charge in [-0.1, -0.05) is 60.7 Å². The van der Waals surface area contributed by atoms with E-state index >= 15 is 0 Å². The molecule has 34 heavy (non-hydrogen) atoms. The number of morpholine rings is 1. The maximum absolute atomic E-state index is 13.1. The molecule has 1 fully saturated rings. The predicted octanol–water partition coefficient (Wildman–Crippen LogP) is 5.43. The number of ether oxygens (including phenoxy) is 1. The molecule has 0 aliphatic carbocycles. The highest BCUT2D eigenvalue weighted by Gasteiger charge is 2.35. The Morgan fingerprint density at radius 1 is 0.765 bits per heavy atom. The van der Waals surface area contributed by atoms with Gasteiger partial charge in [0.1, 0.15) is 0 Å². The highest BCUT2D eigenvalue weighted by molar-refractivity contribution is 5.90. The van der Waals surface area contributed by atoms with E-state index in [1.165, 1.54) is 27.9 Å². The third kappa shape index (κ3) is 3.94. The molecule has 2 atom stereocenters. The highest BCUT2D eigenvalue weighted by atomic mass is 16.5. The monoisotopic (exact) mass is 453 g/mol. The third-order valence-corrected chi connectivity index (χ3v) is 7.56. The largest absolute Gasteiger partial charge is 0.378 e. The van der Waals surface area contributed by atoms with Gasteiger partial charge in [0.25, 0.3) is 0 Å². The highest BCUT2D eigenvalue weighted by Crippen LogP contribution is 2.49. The van der Waals surface area contributed by atoms with Crippen LogP contribution < -0.4 is 10.2 Å². The first kappa shape index (κ1) is 21.2. The first-order valence-electron chi connectivity index (χ1n) is 12.4. The van der Waals surface area contributed by atoms with Crippen molar-refractivity contribution in [1.29, 1.82) is 0 Å². The van der Waals surface area contributed by atoms with E-state index in [1.54, 1.807) is 0 Å². The number of nitrogens with one attached hydrogen (secondary N) is 1. The number of carbonyl (C=O) groups is 1. The Kier molecular flexibility index (Phi) is 5.71. The van der Waals surface area contributed by atoms with Gasteiger partial charge in [-0.15, -0.1) is 0 Å². The number of anilines is 2. The van der Waals surface area contributed by atoms with Gasteiger partial charge in [0.2, 0.25) is 0 Å². The van der Waals surface area contributed by atoms with Gasteiger partial charge in [0.15, 0.2) is 0 Å². The molecule has 0 saturated carbocycles. The van der Waals surface area contributed by atoms with E-state index in [4.69, 9.17) is 4.74 Å². The normalized spacial score (nSPS) is 21.6. The van der Waals surface area contributed by atoms with Gasteiger partial charge in [-0.3, -0.25) is 0 Å². The topological polar surface area (TPSA) is 44.8 Å². The summed E-state index contributed by atoms with van der Waals surface area (Å²) in [5.74, 6) is 0.668. The van der Waals surface area contributed by atoms with Crippen molar-refractivity contribution in [3.05, 3.63) is 95.1 Å². The second kappa shape index (κ2) is 9.15. The lowest BCUT2D eigenvalue weighted by atomic mass is 9.76. The molecule has 2 amide bonds. The summed E-state index contributed by atoms with van der Waals surface area (Å²) < 4.78 is 5.43. The Hall–Kier alpha value is -3.31. The summed E-state index contributed by atoms with van der Waals surface area (Å²) >= 11 is 0. The zero-order chi connectivity index (χ0) is 22.9. The minimum absolute atomic E-state index is 0.0357. The minimum Gasteiger partial charge on any atom is -0.378 e. The number of benzene rings is 3. The molecule has 2 unspecified atom stereocenters. The molecule has 3 aromatic rings. The van der Waals surface area contributed by atoms with Crippen molar-refractivity contribution >= 4 is 17.4 Å². The Bertz CT molecular complexity index is 1090. The van der Waals surface area contributed by atoms with Crippen molar-refractivity contribution < 1.29 is 9.53 Å². The summed E-state index contributed by atoms with van der Waals surface area (Å²) in [5.41, 5.74) is 7.66. The van der Waals surface area contributed by atoms with E-state index in [-0.39, 0.29) is 6.03 Å². The van der Waals surface area contributed by atoms with Crippen LogP contribution in [-0.4, -0.2) is 50.3 Å². The molecule has 174 valence electrons. The second-order valence-electron chi connectivity index (χ2n) is 9.52. The van der Waals surface area contributed by atoms with Gasteiger partial charge in [0.05, 0.1) is 13.2 Å². The zero-order valence-corrected chi connectivity index (χ0v) is 19.5. The first-order chi connectivity index (χ1) is 16.8. The summed E-state index contributed by atoms with van der Waals surface area (Å²) in [5, 5.41) is 3.23. The Balaban J connectivity index is 1.44. The van der Waals surface area contributed by atoms with Crippen molar-refractivity contribution in [1.82, 2.24) is 4.90 Å². The maximum Gasteiger partial charge on any atom is 0.321 e. The fourth-order valence-electron chi connectivity index (χ4n) is 5.90. The van der Waals surface area contributed by atoms with Gasteiger partial charge >= 0.3 is 6.03 Å². The van der Waals surface area contributed by atoms with Crippen LogP contribution in [0.25, 0.3) is 0 Å². The molecule has 3 aromatic carbocycles. The molecule has 3 aliphatic rings. The maximum atomic E-state index is 13.1. The molecule has 1 N–H and O–H groups in total. The summed E-state index contributed by atoms with van der Waals surface area (Å²) in [6.45, 7) is 4.61. The molecule has 0 bridgehead atoms. The number of hydrogen-bond acceptors (Lipinski definition) is 3. The van der Waals surface area contributed by atoms with Gasteiger partial charge < -0.3 is 19.9 Å². The minimum atomic E-state index is -0.0357. The summed E-state index contributed by atoms with van der Waals surface area (Å²) in [6, 6.07) is 26.1. The summed E-state index contributed by atoms with van der Waals surface area (Å²) in [4.78, 5) is 17.5. The van der Waals surface area contributed by atoms with Gasteiger partial charge in [-0.05, 0) is 47.2 Å². The number of nitrogens with zero attached hydrogens (tertiary/aromatic N) is 2. The molecular weight excluding hydrogens is 422 g/mol. The molecule has 3 aliphatic heterocycles. The van der Waals surface area contributed by atoms with Gasteiger partial charge in [-0.2, -0.15) is 0 Å². The van der Waals surface area contributed by atoms with Crippen LogP contribution in [0.5, 0.6) is 0 Å². The van der Waals surface area contributed by atoms with Crippen molar-refractivity contribution in [2.24, 2.45) is 0 Å². The Morgan fingerprint density at radius 2 is 1.29 bits per heavy atom. The lowest BCUT2D eigenvalue weighted by molar-refractivity contribution is 0.0564. The molecule has 0 radical (unpaired) electrons. The summed E-state index contributed by atoms with van der Waals surface area (Å²) in [7, 11) is 0. The molecule has 5 nitrogen and oxygen atoms in total. The van der Waals surface area contributed by atoms with Crippen molar-refractivity contribution in [3.63, 3.8) is 0 Å². The number of carbonyl (C=O) groups excluding carboxylic acids is 1. The fraction of sp³-hybridized carbons (Fsp3) is 0.345. The van der Waals surface area contributed by atoms with Crippen LogP contribution in [0.15, 0.2) is 72.8 Å². The van der Waals surface area contributed by atoms with Crippen LogP contribution in [0.1, 0.15) is 46.9 Å². The molecule has 3 heterocycles. The first-order valence-corrected chi connectivity index (χ1v) is 12.4. The second-order valence-corrected chi connectivity index (χ2v) is 9.52. The average molecular weight is 454 g/mol. The van der Waals surface area contributed by atoms with Crippen molar-refractivity contribution in [3.8, 4) is 0 Å². The van der Waals surface area contributed by atoms with E-state index < -0.39 is 0 Å². The van der Waals surface area contributed by atoms with Gasteiger partial charge in [0, 0.05) is 49.4 Å². The van der Waals surface area contributed by atoms with Crippen LogP contribution in [0.4, 0.5) is 16.2 Å². The lowest BCUT2D eigenvalue weighted by Gasteiger charge is -2.43. The third-order valence-electron chi connectivity index (χ3n) is 7.56. The Morgan fingerprint density at radius 3 is 1.82 bits per heavy atom. The van der Waals surface area contributed by atoms with E-state index in [1.807, 2.05) is 4.90 Å². The van der Waals surface area contributed by atoms with E-state index in [2.05, 4.69) is 83.0 Å². The van der Waals surface area contributed by atoms with Crippen LogP contribution in [0, 0.1) is 0 Å². The zero-order valence-electron chi connectivity index (χ0n) is 19.5. The molecule has 1 saturated heterocycles. The van der Waals surface area contributed by atoms with Crippen LogP contribution in [0.2, 0.25) is 0 Å². The van der Waals surface area contributed by atoms with Crippen LogP contribution >= 0.6 is 0 Å². The molecule has 0 spiro atoms. The van der Waals surface area contributed by atoms with Gasteiger partial charge in [-0.25, -0.2) is 4.79 Å². The summed E-state index contributed by atoms with van der Waals surface area (Å²) in [6.07, 6.45) is 2.18. The number of hydrogen-bond donors (Lipinski definition) is 1. The quantitative estimate of drug-likeness (QED) is 0.575. The fourth-order valence-corrected chi connectivity index (χ4v) is 5.90. The number of amides is 2. The Labute approximate surface area is 201 Å². The smallest absolute Gasteiger partial charge is 0.321 e. The molecule has 0 aromatic heterocycles. The molecular formula is C29H31N3O2. The molecule has 5 heteroatoms. The predicted molar refractivity (Wildman–Crippen MR) is 136 cm³/mol. The van der Waals surface area contributed by atoms with E-state index in [0.717, 1.165) is 31.6 Å². The molecule has 6 rings (SSSR count). The van der Waals surface area contributed by atoms with Crippen molar-refractivity contribution in [2.75, 3.05) is 49.6 Å². The van der Waals surface area contributed by atoms with E-state index in [9.17, 15) is 4.79 Å². The van der Waals surface area contributed by atoms with Crippen molar-refractivity contribution in [2.45, 2.75) is 24.7 Å². The number of rotatable bonds is 3. The van der Waals surface area contributed by atoms with Crippen LogP contribution in [0.3, 0.4) is 0 Å². The van der Waals surface area contributed by atoms with Crippen LogP contribution in [-0.2, 0) is 4.74 Å². The van der Waals surface area contributed by atoms with E-state index in [0.29, 0.717) is 38.1 Å². The SMILES string of the molecule is O=C(Nc1cc2c3c(c1)C(c1ccccc1)CCN3CCC2c1ccccc1)N1CCOCC1.